The minimum absolute atomic E-state index is 0.718. The Morgan fingerprint density at radius 1 is 1.30 bits per heavy atom. The summed E-state index contributed by atoms with van der Waals surface area (Å²) < 4.78 is 0. The van der Waals surface area contributed by atoms with Gasteiger partial charge in [0, 0.05) is 5.92 Å². The number of allylic oxidation sites excluding steroid dienone is 4. The fraction of sp³-hybridized carbons (Fsp3) is 0.500. The summed E-state index contributed by atoms with van der Waals surface area (Å²) in [5, 5.41) is 0. The van der Waals surface area contributed by atoms with E-state index in [0.717, 1.165) is 5.92 Å². The first kappa shape index (κ1) is 7.59. The lowest BCUT2D eigenvalue weighted by Crippen LogP contribution is -2.07. The van der Waals surface area contributed by atoms with E-state index >= 15 is 0 Å². The molecular formula is C10H15. The lowest BCUT2D eigenvalue weighted by molar-refractivity contribution is 0.632. The Morgan fingerprint density at radius 2 is 2.10 bits per heavy atom. The van der Waals surface area contributed by atoms with E-state index in [2.05, 4.69) is 38.2 Å². The van der Waals surface area contributed by atoms with Gasteiger partial charge in [-0.1, -0.05) is 38.2 Å². The standard InChI is InChI=1S/C10H15/c1-3-9-7-5-6-8-10(9)4-2/h5-9H,3-4H2,1-2H3. The lowest BCUT2D eigenvalue weighted by Gasteiger charge is -2.20. The predicted molar refractivity (Wildman–Crippen MR) is 45.6 cm³/mol. The van der Waals surface area contributed by atoms with E-state index < -0.39 is 0 Å². The van der Waals surface area contributed by atoms with Crippen LogP contribution < -0.4 is 0 Å². The van der Waals surface area contributed by atoms with E-state index in [-0.39, 0.29) is 0 Å². The van der Waals surface area contributed by atoms with E-state index in [1.165, 1.54) is 12.8 Å². The predicted octanol–water partition coefficient (Wildman–Crippen LogP) is 3.12. The van der Waals surface area contributed by atoms with E-state index in [4.69, 9.17) is 0 Å². The van der Waals surface area contributed by atoms with Gasteiger partial charge in [-0.05, 0) is 18.8 Å². The number of hydrogen-bond donors (Lipinski definition) is 0. The maximum atomic E-state index is 2.29. The molecule has 0 nitrogen and oxygen atoms in total. The normalized spacial score (nSPS) is 25.6. The lowest BCUT2D eigenvalue weighted by atomic mass is 9.85. The smallest absolute Gasteiger partial charge is 0.00415 e. The summed E-state index contributed by atoms with van der Waals surface area (Å²) in [6, 6.07) is 0. The molecule has 0 aromatic rings. The maximum Gasteiger partial charge on any atom is 0.00415 e. The van der Waals surface area contributed by atoms with Gasteiger partial charge >= 0.3 is 0 Å². The molecule has 0 heterocycles. The van der Waals surface area contributed by atoms with Crippen molar-refractivity contribution < 1.29 is 0 Å². The number of hydrogen-bond acceptors (Lipinski definition) is 0. The molecule has 55 valence electrons. The Labute approximate surface area is 63.6 Å². The maximum absolute atomic E-state index is 2.29. The van der Waals surface area contributed by atoms with Gasteiger partial charge in [-0.25, -0.2) is 0 Å². The van der Waals surface area contributed by atoms with Crippen LogP contribution >= 0.6 is 0 Å². The van der Waals surface area contributed by atoms with Crippen LogP contribution in [0.1, 0.15) is 26.7 Å². The van der Waals surface area contributed by atoms with Crippen LogP contribution in [0.4, 0.5) is 0 Å². The minimum Gasteiger partial charge on any atom is -0.0805 e. The molecular weight excluding hydrogens is 120 g/mol. The third-order valence-electron chi connectivity index (χ3n) is 2.09. The Balaban J connectivity index is 2.55. The second-order valence-corrected chi connectivity index (χ2v) is 2.69. The first-order chi connectivity index (χ1) is 4.88. The Morgan fingerprint density at radius 3 is 2.60 bits per heavy atom. The summed E-state index contributed by atoms with van der Waals surface area (Å²) in [4.78, 5) is 0. The summed E-state index contributed by atoms with van der Waals surface area (Å²) in [6.07, 6.45) is 11.2. The SMILES string of the molecule is CC[C]1C=CC=CC1CC. The van der Waals surface area contributed by atoms with Gasteiger partial charge in [-0.3, -0.25) is 0 Å². The zero-order valence-electron chi connectivity index (χ0n) is 6.80. The molecule has 0 aromatic carbocycles. The highest BCUT2D eigenvalue weighted by atomic mass is 14.2. The summed E-state index contributed by atoms with van der Waals surface area (Å²) in [5.41, 5.74) is 0. The van der Waals surface area contributed by atoms with Crippen LogP contribution in [0.2, 0.25) is 0 Å². The highest BCUT2D eigenvalue weighted by Gasteiger charge is 2.14. The summed E-state index contributed by atoms with van der Waals surface area (Å²) in [7, 11) is 0. The van der Waals surface area contributed by atoms with Gasteiger partial charge in [0.1, 0.15) is 0 Å². The largest absolute Gasteiger partial charge is 0.0805 e. The van der Waals surface area contributed by atoms with Crippen LogP contribution in [0, 0.1) is 11.8 Å². The van der Waals surface area contributed by atoms with Gasteiger partial charge in [0.2, 0.25) is 0 Å². The van der Waals surface area contributed by atoms with Crippen molar-refractivity contribution in [3.8, 4) is 0 Å². The molecule has 10 heavy (non-hydrogen) atoms. The van der Waals surface area contributed by atoms with Gasteiger partial charge in [0.05, 0.1) is 0 Å². The Hall–Kier alpha value is -0.520. The van der Waals surface area contributed by atoms with Crippen molar-refractivity contribution in [3.05, 3.63) is 30.2 Å². The molecule has 0 amide bonds. The van der Waals surface area contributed by atoms with Crippen LogP contribution in [0.15, 0.2) is 24.3 Å². The summed E-state index contributed by atoms with van der Waals surface area (Å²) in [6.45, 7) is 4.46. The second-order valence-electron chi connectivity index (χ2n) is 2.69. The molecule has 0 saturated carbocycles. The fourth-order valence-electron chi connectivity index (χ4n) is 1.40. The molecule has 0 fully saturated rings. The molecule has 1 unspecified atom stereocenters. The Kier molecular flexibility index (Phi) is 2.73. The highest BCUT2D eigenvalue weighted by Crippen LogP contribution is 2.26. The van der Waals surface area contributed by atoms with Gasteiger partial charge < -0.3 is 0 Å². The zero-order valence-corrected chi connectivity index (χ0v) is 6.80. The molecule has 0 heteroatoms. The summed E-state index contributed by atoms with van der Waals surface area (Å²) >= 11 is 0. The molecule has 1 radical (unpaired) electrons. The Bertz CT molecular complexity index is 124. The van der Waals surface area contributed by atoms with Crippen molar-refractivity contribution in [1.82, 2.24) is 0 Å². The van der Waals surface area contributed by atoms with Crippen LogP contribution in [-0.4, -0.2) is 0 Å². The van der Waals surface area contributed by atoms with E-state index in [1.54, 1.807) is 5.92 Å². The fourth-order valence-corrected chi connectivity index (χ4v) is 1.40. The minimum atomic E-state index is 0.718. The topological polar surface area (TPSA) is 0 Å². The second kappa shape index (κ2) is 3.60. The molecule has 0 aromatic heterocycles. The van der Waals surface area contributed by atoms with Crippen molar-refractivity contribution in [2.75, 3.05) is 0 Å². The van der Waals surface area contributed by atoms with Crippen molar-refractivity contribution in [2.24, 2.45) is 5.92 Å². The molecule has 1 aliphatic carbocycles. The average molecular weight is 135 g/mol. The molecule has 1 atom stereocenters. The van der Waals surface area contributed by atoms with Crippen LogP contribution in [0.5, 0.6) is 0 Å². The molecule has 0 N–H and O–H groups in total. The number of rotatable bonds is 2. The van der Waals surface area contributed by atoms with E-state index in [0.29, 0.717) is 0 Å². The van der Waals surface area contributed by atoms with E-state index in [9.17, 15) is 0 Å². The van der Waals surface area contributed by atoms with Crippen LogP contribution in [-0.2, 0) is 0 Å². The summed E-state index contributed by atoms with van der Waals surface area (Å²) in [5.74, 6) is 2.29. The van der Waals surface area contributed by atoms with Crippen LogP contribution in [0.3, 0.4) is 0 Å². The van der Waals surface area contributed by atoms with Gasteiger partial charge in [0.25, 0.3) is 0 Å². The molecule has 1 rings (SSSR count). The van der Waals surface area contributed by atoms with E-state index in [1.807, 2.05) is 0 Å². The van der Waals surface area contributed by atoms with Crippen molar-refractivity contribution >= 4 is 0 Å². The van der Waals surface area contributed by atoms with Gasteiger partial charge in [-0.15, -0.1) is 0 Å². The molecule has 0 spiro atoms. The molecule has 0 aliphatic heterocycles. The third-order valence-corrected chi connectivity index (χ3v) is 2.09. The quantitative estimate of drug-likeness (QED) is 0.545. The van der Waals surface area contributed by atoms with Crippen molar-refractivity contribution in [1.29, 1.82) is 0 Å². The molecule has 0 saturated heterocycles. The first-order valence-electron chi connectivity index (χ1n) is 4.09. The molecule has 0 bridgehead atoms. The third kappa shape index (κ3) is 1.50. The van der Waals surface area contributed by atoms with Gasteiger partial charge in [0.15, 0.2) is 0 Å². The average Bonchev–Trinajstić information content (AvgIpc) is 2.04. The van der Waals surface area contributed by atoms with Crippen molar-refractivity contribution in [3.63, 3.8) is 0 Å². The van der Waals surface area contributed by atoms with Crippen LogP contribution in [0.25, 0.3) is 0 Å². The zero-order chi connectivity index (χ0) is 7.40. The highest BCUT2D eigenvalue weighted by molar-refractivity contribution is 5.26. The van der Waals surface area contributed by atoms with Crippen molar-refractivity contribution in [2.45, 2.75) is 26.7 Å². The molecule has 1 aliphatic rings. The van der Waals surface area contributed by atoms with Gasteiger partial charge in [-0.2, -0.15) is 0 Å². The first-order valence-corrected chi connectivity index (χ1v) is 4.09. The monoisotopic (exact) mass is 135 g/mol.